The quantitative estimate of drug-likeness (QED) is 0.674. The number of halogens is 2. The zero-order valence-electron chi connectivity index (χ0n) is 10.6. The van der Waals surface area contributed by atoms with Crippen molar-refractivity contribution >= 4 is 44.7 Å². The molecule has 2 aromatic rings. The van der Waals surface area contributed by atoms with Crippen LogP contribution >= 0.6 is 11.6 Å². The molecule has 112 valence electrons. The number of anilines is 1. The largest absolute Gasteiger partial charge is 0.346 e. The van der Waals surface area contributed by atoms with E-state index < -0.39 is 21.9 Å². The molecule has 21 heavy (non-hydrogen) atoms. The van der Waals surface area contributed by atoms with Crippen molar-refractivity contribution in [2.45, 2.75) is 6.42 Å². The number of fused-ring (bicyclic) bond motifs is 1. The van der Waals surface area contributed by atoms with Crippen LogP contribution in [0.1, 0.15) is 6.42 Å². The minimum absolute atomic E-state index is 0.0462. The van der Waals surface area contributed by atoms with Crippen molar-refractivity contribution in [3.8, 4) is 0 Å². The Morgan fingerprint density at radius 2 is 2.24 bits per heavy atom. The Hall–Kier alpha value is -1.74. The van der Waals surface area contributed by atoms with Crippen molar-refractivity contribution in [2.75, 3.05) is 17.2 Å². The van der Waals surface area contributed by atoms with Crippen LogP contribution in [-0.4, -0.2) is 41.6 Å². The smallest absolute Gasteiger partial charge is 0.302 e. The summed E-state index contributed by atoms with van der Waals surface area (Å²) in [7, 11) is -4.62. The van der Waals surface area contributed by atoms with E-state index in [1.54, 1.807) is 12.3 Å². The number of aromatic nitrogens is 3. The lowest BCUT2D eigenvalue weighted by Crippen LogP contribution is -2.27. The number of H-pyrrole nitrogens is 1. The second kappa shape index (κ2) is 4.92. The van der Waals surface area contributed by atoms with Crippen molar-refractivity contribution in [3.63, 3.8) is 0 Å². The van der Waals surface area contributed by atoms with E-state index in [2.05, 4.69) is 15.0 Å². The zero-order valence-corrected chi connectivity index (χ0v) is 12.2. The van der Waals surface area contributed by atoms with E-state index in [4.69, 9.17) is 11.6 Å². The minimum Gasteiger partial charge on any atom is -0.346 e. The molecule has 0 aliphatic carbocycles. The first-order valence-corrected chi connectivity index (χ1v) is 8.00. The first-order chi connectivity index (χ1) is 9.83. The van der Waals surface area contributed by atoms with Crippen molar-refractivity contribution in [3.05, 3.63) is 17.4 Å². The number of nitrogens with zero attached hydrogens (tertiary/aromatic N) is 3. The van der Waals surface area contributed by atoms with Gasteiger partial charge in [0.05, 0.1) is 11.1 Å². The van der Waals surface area contributed by atoms with E-state index >= 15 is 0 Å². The monoisotopic (exact) mass is 332 g/mol. The average Bonchev–Trinajstić information content (AvgIpc) is 2.93. The van der Waals surface area contributed by atoms with Crippen molar-refractivity contribution < 1.29 is 17.1 Å². The van der Waals surface area contributed by atoms with Crippen LogP contribution in [0.15, 0.2) is 12.3 Å². The molecule has 0 aromatic carbocycles. The van der Waals surface area contributed by atoms with Crippen molar-refractivity contribution in [1.29, 1.82) is 0 Å². The summed E-state index contributed by atoms with van der Waals surface area (Å²) < 4.78 is 34.1. The summed E-state index contributed by atoms with van der Waals surface area (Å²) in [5.41, 5.74) is 0.472. The van der Waals surface area contributed by atoms with Gasteiger partial charge in [0.15, 0.2) is 0 Å². The number of aromatic amines is 1. The molecular formula is C11H10ClFN4O3S. The molecule has 1 amide bonds. The lowest BCUT2D eigenvalue weighted by Gasteiger charge is -2.14. The zero-order chi connectivity index (χ0) is 15.2. The molecule has 3 heterocycles. The molecule has 0 spiro atoms. The fourth-order valence-electron chi connectivity index (χ4n) is 2.38. The van der Waals surface area contributed by atoms with Crippen LogP contribution in [0.2, 0.25) is 5.15 Å². The highest BCUT2D eigenvalue weighted by molar-refractivity contribution is 7.86. The van der Waals surface area contributed by atoms with Gasteiger partial charge >= 0.3 is 10.2 Å². The molecule has 0 saturated carbocycles. The molecule has 10 heteroatoms. The molecule has 3 rings (SSSR count). The van der Waals surface area contributed by atoms with Crippen LogP contribution in [0.25, 0.3) is 11.0 Å². The maximum atomic E-state index is 12.7. The van der Waals surface area contributed by atoms with E-state index in [0.717, 1.165) is 0 Å². The molecule has 1 aliphatic heterocycles. The maximum Gasteiger partial charge on any atom is 0.302 e. The molecule has 1 saturated heterocycles. The highest BCUT2D eigenvalue weighted by Gasteiger charge is 2.35. The van der Waals surface area contributed by atoms with E-state index in [9.17, 15) is 17.1 Å². The Morgan fingerprint density at radius 1 is 1.48 bits per heavy atom. The maximum absolute atomic E-state index is 12.7. The minimum atomic E-state index is -4.62. The van der Waals surface area contributed by atoms with Gasteiger partial charge in [0.1, 0.15) is 10.8 Å². The lowest BCUT2D eigenvalue weighted by atomic mass is 10.1. The third kappa shape index (κ3) is 2.84. The molecule has 0 bridgehead atoms. The molecule has 1 N–H and O–H groups in total. The summed E-state index contributed by atoms with van der Waals surface area (Å²) >= 11 is 6.01. The van der Waals surface area contributed by atoms with Crippen LogP contribution in [0, 0.1) is 5.92 Å². The summed E-state index contributed by atoms with van der Waals surface area (Å²) in [5.74, 6) is -1.58. The number of hydrogen-bond donors (Lipinski definition) is 1. The number of nitrogens with one attached hydrogen (secondary N) is 1. The molecule has 1 aliphatic rings. The van der Waals surface area contributed by atoms with Gasteiger partial charge < -0.3 is 4.98 Å². The number of carbonyl (C=O) groups excluding carboxylic acids is 1. The van der Waals surface area contributed by atoms with E-state index in [1.165, 1.54) is 4.90 Å². The third-order valence-electron chi connectivity index (χ3n) is 3.24. The fraction of sp³-hybridized carbons (Fsp3) is 0.364. The van der Waals surface area contributed by atoms with Gasteiger partial charge in [-0.3, -0.25) is 9.69 Å². The Labute approximate surface area is 124 Å². The van der Waals surface area contributed by atoms with E-state index in [0.29, 0.717) is 11.0 Å². The summed E-state index contributed by atoms with van der Waals surface area (Å²) in [6.07, 6.45) is 1.58. The summed E-state index contributed by atoms with van der Waals surface area (Å²) in [4.78, 5) is 24.2. The van der Waals surface area contributed by atoms with E-state index in [-0.39, 0.29) is 30.0 Å². The molecule has 1 atom stereocenters. The van der Waals surface area contributed by atoms with E-state index in [1.807, 2.05) is 0 Å². The van der Waals surface area contributed by atoms with Crippen LogP contribution in [0.3, 0.4) is 0 Å². The van der Waals surface area contributed by atoms with Gasteiger partial charge in [-0.25, -0.2) is 0 Å². The Morgan fingerprint density at radius 3 is 2.95 bits per heavy atom. The van der Waals surface area contributed by atoms with Crippen molar-refractivity contribution in [1.82, 2.24) is 15.0 Å². The first kappa shape index (κ1) is 14.2. The predicted octanol–water partition coefficient (Wildman–Crippen LogP) is 1.26. The van der Waals surface area contributed by atoms with Crippen LogP contribution < -0.4 is 4.90 Å². The summed E-state index contributed by atoms with van der Waals surface area (Å²) in [5, 5.41) is 0.806. The number of hydrogen-bond acceptors (Lipinski definition) is 5. The van der Waals surface area contributed by atoms with Gasteiger partial charge in [-0.05, 0) is 6.07 Å². The van der Waals surface area contributed by atoms with Gasteiger partial charge in [-0.15, -0.1) is 3.89 Å². The topological polar surface area (TPSA) is 96.0 Å². The molecule has 0 radical (unpaired) electrons. The first-order valence-electron chi connectivity index (χ1n) is 6.07. The van der Waals surface area contributed by atoms with Gasteiger partial charge in [-0.2, -0.15) is 18.4 Å². The Kier molecular flexibility index (Phi) is 3.33. The second-order valence-corrected chi connectivity index (χ2v) is 6.60. The van der Waals surface area contributed by atoms with Crippen LogP contribution in [0.4, 0.5) is 9.83 Å². The standard InChI is InChI=1S/C11H10ClFN4O3S/c12-9-7-1-2-14-10(7)16-11(15-9)17-4-6(3-8(17)18)5-21(13,19)20/h1-2,6H,3-5H2,(H,14,15,16). The number of carbonyl (C=O) groups is 1. The number of rotatable bonds is 3. The highest BCUT2D eigenvalue weighted by Crippen LogP contribution is 2.27. The van der Waals surface area contributed by atoms with Gasteiger partial charge in [0.25, 0.3) is 0 Å². The molecule has 1 unspecified atom stereocenters. The third-order valence-corrected chi connectivity index (χ3v) is 4.40. The normalized spacial score (nSPS) is 19.6. The summed E-state index contributed by atoms with van der Waals surface area (Å²) in [6.45, 7) is 0.0462. The Bertz CT molecular complexity index is 822. The number of amides is 1. The Balaban J connectivity index is 1.90. The van der Waals surface area contributed by atoms with Crippen LogP contribution in [0.5, 0.6) is 0 Å². The predicted molar refractivity (Wildman–Crippen MR) is 74.3 cm³/mol. The SMILES string of the molecule is O=C1CC(CS(=O)(=O)F)CN1c1nc(Cl)c2cc[nH]c2n1. The van der Waals surface area contributed by atoms with Gasteiger partial charge in [-0.1, -0.05) is 11.6 Å². The highest BCUT2D eigenvalue weighted by atomic mass is 35.5. The summed E-state index contributed by atoms with van der Waals surface area (Å²) in [6, 6.07) is 1.70. The fourth-order valence-corrected chi connectivity index (χ4v) is 3.40. The lowest BCUT2D eigenvalue weighted by molar-refractivity contribution is -0.117. The van der Waals surface area contributed by atoms with Gasteiger partial charge in [0, 0.05) is 25.1 Å². The average molecular weight is 333 g/mol. The second-order valence-electron chi connectivity index (χ2n) is 4.83. The molecular weight excluding hydrogens is 323 g/mol. The molecule has 7 nitrogen and oxygen atoms in total. The molecule has 2 aromatic heterocycles. The van der Waals surface area contributed by atoms with Gasteiger partial charge in [0.2, 0.25) is 11.9 Å². The molecule has 1 fully saturated rings. The van der Waals surface area contributed by atoms with Crippen molar-refractivity contribution in [2.24, 2.45) is 5.92 Å². The van der Waals surface area contributed by atoms with Crippen LogP contribution in [-0.2, 0) is 15.0 Å².